The number of benzene rings is 2. The Morgan fingerprint density at radius 1 is 0.974 bits per heavy atom. The first-order valence-electron chi connectivity index (χ1n) is 13.3. The number of H-pyrrole nitrogens is 1. The highest BCUT2D eigenvalue weighted by Gasteiger charge is 2.35. The van der Waals surface area contributed by atoms with E-state index in [0.29, 0.717) is 11.3 Å². The summed E-state index contributed by atoms with van der Waals surface area (Å²) in [6.45, 7) is 3.09. The van der Waals surface area contributed by atoms with Crippen molar-refractivity contribution in [3.8, 4) is 11.5 Å². The fourth-order valence-corrected chi connectivity index (χ4v) is 5.93. The molecule has 0 bridgehead atoms. The molecule has 1 aliphatic heterocycles. The third kappa shape index (κ3) is 4.49. The molecule has 0 radical (unpaired) electrons. The van der Waals surface area contributed by atoms with E-state index < -0.39 is 0 Å². The van der Waals surface area contributed by atoms with Gasteiger partial charge in [0.1, 0.15) is 17.5 Å². The average Bonchev–Trinajstić information content (AvgIpc) is 3.66. The molecular weight excluding hydrogens is 482 g/mol. The van der Waals surface area contributed by atoms with Crippen LogP contribution in [0.15, 0.2) is 53.3 Å². The van der Waals surface area contributed by atoms with E-state index in [1.807, 2.05) is 47.1 Å². The summed E-state index contributed by atoms with van der Waals surface area (Å²) in [5, 5.41) is 14.0. The number of para-hydroxylation sites is 2. The van der Waals surface area contributed by atoms with Gasteiger partial charge in [0, 0.05) is 37.8 Å². The summed E-state index contributed by atoms with van der Waals surface area (Å²) in [5.74, 6) is 2.31. The molecule has 1 unspecified atom stereocenters. The minimum absolute atomic E-state index is 0.135. The highest BCUT2D eigenvalue weighted by Crippen LogP contribution is 2.35. The van der Waals surface area contributed by atoms with E-state index in [0.717, 1.165) is 67.2 Å². The van der Waals surface area contributed by atoms with Crippen molar-refractivity contribution in [2.75, 3.05) is 45.3 Å². The number of methoxy groups -OCH3 is 2. The minimum atomic E-state index is -0.360. The van der Waals surface area contributed by atoms with Gasteiger partial charge in [0.2, 0.25) is 0 Å². The monoisotopic (exact) mass is 515 g/mol. The molecule has 0 spiro atoms. The summed E-state index contributed by atoms with van der Waals surface area (Å²) in [6, 6.07) is 15.7. The fraction of sp³-hybridized carbons (Fsp3) is 0.429. The number of pyridine rings is 1. The summed E-state index contributed by atoms with van der Waals surface area (Å²) in [6.07, 6.45) is 4.45. The molecule has 3 heterocycles. The first kappa shape index (κ1) is 24.4. The Morgan fingerprint density at radius 3 is 2.53 bits per heavy atom. The molecule has 1 saturated carbocycles. The Labute approximate surface area is 221 Å². The zero-order chi connectivity index (χ0) is 26.1. The van der Waals surface area contributed by atoms with Crippen LogP contribution in [0, 0.1) is 0 Å². The number of anilines is 1. The number of piperazine rings is 1. The van der Waals surface area contributed by atoms with Crippen molar-refractivity contribution in [3.63, 3.8) is 0 Å². The van der Waals surface area contributed by atoms with Gasteiger partial charge >= 0.3 is 0 Å². The normalized spacial score (nSPS) is 17.7. The van der Waals surface area contributed by atoms with Crippen molar-refractivity contribution in [2.45, 2.75) is 37.8 Å². The van der Waals surface area contributed by atoms with Gasteiger partial charge in [0.05, 0.1) is 31.5 Å². The summed E-state index contributed by atoms with van der Waals surface area (Å²) in [4.78, 5) is 21.3. The van der Waals surface area contributed by atoms with Gasteiger partial charge in [-0.15, -0.1) is 5.10 Å². The summed E-state index contributed by atoms with van der Waals surface area (Å²) < 4.78 is 12.9. The maximum Gasteiger partial charge on any atom is 0.253 e. The fourth-order valence-electron chi connectivity index (χ4n) is 5.93. The maximum atomic E-state index is 13.6. The van der Waals surface area contributed by atoms with E-state index in [9.17, 15) is 4.79 Å². The molecule has 1 N–H and O–H groups in total. The number of tetrazole rings is 1. The Morgan fingerprint density at radius 2 is 1.76 bits per heavy atom. The van der Waals surface area contributed by atoms with E-state index >= 15 is 0 Å². The lowest BCUT2D eigenvalue weighted by Crippen LogP contribution is -2.49. The minimum Gasteiger partial charge on any atom is -0.497 e. The molecular formula is C28H33N7O3. The Balaban J connectivity index is 1.38. The molecule has 1 saturated heterocycles. The predicted octanol–water partition coefficient (Wildman–Crippen LogP) is 3.56. The van der Waals surface area contributed by atoms with E-state index in [2.05, 4.69) is 36.4 Å². The van der Waals surface area contributed by atoms with Crippen LogP contribution in [0.4, 0.5) is 5.69 Å². The number of ether oxygens (including phenoxy) is 2. The van der Waals surface area contributed by atoms with Crippen LogP contribution in [0.3, 0.4) is 0 Å². The first-order valence-corrected chi connectivity index (χ1v) is 13.3. The number of fused-ring (bicyclic) bond motifs is 1. The van der Waals surface area contributed by atoms with E-state index in [1.54, 1.807) is 14.2 Å². The Bertz CT molecular complexity index is 1470. The van der Waals surface area contributed by atoms with Crippen LogP contribution >= 0.6 is 0 Å². The van der Waals surface area contributed by atoms with Crippen LogP contribution in [0.25, 0.3) is 10.9 Å². The Kier molecular flexibility index (Phi) is 6.71. The molecule has 2 fully saturated rings. The van der Waals surface area contributed by atoms with E-state index in [4.69, 9.17) is 9.47 Å². The van der Waals surface area contributed by atoms with Gasteiger partial charge in [-0.2, -0.15) is 0 Å². The smallest absolute Gasteiger partial charge is 0.253 e. The first-order chi connectivity index (χ1) is 18.7. The predicted molar refractivity (Wildman–Crippen MR) is 145 cm³/mol. The van der Waals surface area contributed by atoms with Crippen molar-refractivity contribution in [1.29, 1.82) is 0 Å². The van der Waals surface area contributed by atoms with E-state index in [-0.39, 0.29) is 17.6 Å². The van der Waals surface area contributed by atoms with Crippen LogP contribution in [0.2, 0.25) is 0 Å². The lowest BCUT2D eigenvalue weighted by atomic mass is 10.0. The van der Waals surface area contributed by atoms with Crippen LogP contribution in [0.1, 0.15) is 49.2 Å². The number of aromatic amines is 1. The molecule has 38 heavy (non-hydrogen) atoms. The highest BCUT2D eigenvalue weighted by atomic mass is 16.5. The van der Waals surface area contributed by atoms with Gasteiger partial charge in [0.15, 0.2) is 5.82 Å². The van der Waals surface area contributed by atoms with Crippen molar-refractivity contribution < 1.29 is 9.47 Å². The van der Waals surface area contributed by atoms with Crippen molar-refractivity contribution in [1.82, 2.24) is 30.1 Å². The number of rotatable bonds is 7. The molecule has 10 nitrogen and oxygen atoms in total. The highest BCUT2D eigenvalue weighted by molar-refractivity contribution is 5.80. The number of hydrogen-bond acceptors (Lipinski definition) is 8. The molecule has 0 amide bonds. The number of hydrogen-bond donors (Lipinski definition) is 1. The van der Waals surface area contributed by atoms with Crippen LogP contribution in [-0.2, 0) is 0 Å². The lowest BCUT2D eigenvalue weighted by Gasteiger charge is -2.40. The molecule has 1 atom stereocenters. The second-order valence-corrected chi connectivity index (χ2v) is 10.0. The van der Waals surface area contributed by atoms with Gasteiger partial charge < -0.3 is 19.4 Å². The van der Waals surface area contributed by atoms with Gasteiger partial charge in [-0.25, -0.2) is 4.68 Å². The lowest BCUT2D eigenvalue weighted by molar-refractivity contribution is 0.196. The van der Waals surface area contributed by atoms with Gasteiger partial charge in [-0.05, 0) is 59.0 Å². The van der Waals surface area contributed by atoms with Crippen LogP contribution < -0.4 is 19.9 Å². The van der Waals surface area contributed by atoms with Gasteiger partial charge in [-0.3, -0.25) is 9.69 Å². The van der Waals surface area contributed by atoms with Crippen LogP contribution in [0.5, 0.6) is 11.5 Å². The van der Waals surface area contributed by atoms with Crippen molar-refractivity contribution in [3.05, 3.63) is 70.3 Å². The summed E-state index contributed by atoms with van der Waals surface area (Å²) in [7, 11) is 3.33. The number of nitrogens with zero attached hydrogens (tertiary/aromatic N) is 6. The number of nitrogens with one attached hydrogen (secondary N) is 1. The zero-order valence-corrected chi connectivity index (χ0v) is 21.8. The molecule has 2 aromatic heterocycles. The standard InChI is InChI=1S/C28H33N7O3/c1-37-21-12-11-19-17-22(28(36)29-23(19)18-21)26(27-30-31-32-35(27)20-7-3-4-8-20)34-15-13-33(14-16-34)24-9-5-6-10-25(24)38-2/h5-6,9-12,17-18,20,26H,3-4,7-8,13-16H2,1-2H3,(H,29,36). The second kappa shape index (κ2) is 10.4. The molecule has 198 valence electrons. The second-order valence-electron chi connectivity index (χ2n) is 10.0. The molecule has 10 heteroatoms. The summed E-state index contributed by atoms with van der Waals surface area (Å²) in [5.41, 5.74) is 2.35. The Hall–Kier alpha value is -3.92. The maximum absolute atomic E-state index is 13.6. The number of aromatic nitrogens is 5. The topological polar surface area (TPSA) is 101 Å². The largest absolute Gasteiger partial charge is 0.497 e. The average molecular weight is 516 g/mol. The molecule has 4 aromatic rings. The molecule has 1 aliphatic carbocycles. The van der Waals surface area contributed by atoms with E-state index in [1.165, 1.54) is 12.8 Å². The van der Waals surface area contributed by atoms with Crippen molar-refractivity contribution >= 4 is 16.6 Å². The molecule has 2 aromatic carbocycles. The molecule has 2 aliphatic rings. The third-order valence-electron chi connectivity index (χ3n) is 7.92. The van der Waals surface area contributed by atoms with Gasteiger partial charge in [-0.1, -0.05) is 25.0 Å². The van der Waals surface area contributed by atoms with Gasteiger partial charge in [0.25, 0.3) is 5.56 Å². The van der Waals surface area contributed by atoms with Crippen LogP contribution in [-0.4, -0.2) is 70.5 Å². The van der Waals surface area contributed by atoms with Crippen molar-refractivity contribution in [2.24, 2.45) is 0 Å². The molecule has 6 rings (SSSR count). The zero-order valence-electron chi connectivity index (χ0n) is 21.8. The quantitative estimate of drug-likeness (QED) is 0.399. The summed E-state index contributed by atoms with van der Waals surface area (Å²) >= 11 is 0. The third-order valence-corrected chi connectivity index (χ3v) is 7.92. The SMILES string of the molecule is COc1ccc2cc(C(c3nnnn3C3CCCC3)N3CCN(c4ccccc4OC)CC3)c(=O)[nH]c2c1.